The number of carbonyl (C=O) groups excluding carboxylic acids is 1. The van der Waals surface area contributed by atoms with Gasteiger partial charge >= 0.3 is 0 Å². The number of carbonyl (C=O) groups is 1. The molecule has 0 bridgehead atoms. The maximum absolute atomic E-state index is 13.0. The van der Waals surface area contributed by atoms with Crippen LogP contribution in [0.3, 0.4) is 0 Å². The van der Waals surface area contributed by atoms with E-state index in [1.54, 1.807) is 29.0 Å². The highest BCUT2D eigenvalue weighted by molar-refractivity contribution is 5.93. The van der Waals surface area contributed by atoms with Crippen molar-refractivity contribution in [3.63, 3.8) is 0 Å². The number of piperazine rings is 1. The summed E-state index contributed by atoms with van der Waals surface area (Å²) in [7, 11) is 4.07. The van der Waals surface area contributed by atoms with Crippen molar-refractivity contribution in [2.45, 2.75) is 0 Å². The SMILES string of the molecule is CN(C)CCOc1ccccc1N1CCN(C(=O)c2ccnc3ccnn23)CC1. The van der Waals surface area contributed by atoms with Crippen molar-refractivity contribution in [1.82, 2.24) is 24.4 Å². The normalized spacial score (nSPS) is 14.6. The summed E-state index contributed by atoms with van der Waals surface area (Å²) in [4.78, 5) is 23.5. The lowest BCUT2D eigenvalue weighted by Gasteiger charge is -2.36. The number of hydrogen-bond acceptors (Lipinski definition) is 6. The molecule has 152 valence electrons. The van der Waals surface area contributed by atoms with Gasteiger partial charge in [-0.05, 0) is 32.3 Å². The second kappa shape index (κ2) is 8.48. The lowest BCUT2D eigenvalue weighted by Crippen LogP contribution is -2.49. The molecule has 0 radical (unpaired) electrons. The average molecular weight is 394 g/mol. The number of nitrogens with zero attached hydrogens (tertiary/aromatic N) is 6. The Kier molecular flexibility index (Phi) is 5.62. The Morgan fingerprint density at radius 3 is 2.66 bits per heavy atom. The van der Waals surface area contributed by atoms with Crippen LogP contribution >= 0.6 is 0 Å². The van der Waals surface area contributed by atoms with Crippen molar-refractivity contribution in [2.75, 3.05) is 58.3 Å². The molecule has 0 atom stereocenters. The minimum absolute atomic E-state index is 0.0173. The molecule has 8 heteroatoms. The zero-order valence-electron chi connectivity index (χ0n) is 16.9. The third kappa shape index (κ3) is 4.17. The summed E-state index contributed by atoms with van der Waals surface area (Å²) >= 11 is 0. The molecule has 0 unspecified atom stereocenters. The molecule has 0 spiro atoms. The number of likely N-dealkylation sites (N-methyl/N-ethyl adjacent to an activating group) is 1. The van der Waals surface area contributed by atoms with Crippen molar-refractivity contribution >= 4 is 17.2 Å². The van der Waals surface area contributed by atoms with E-state index in [4.69, 9.17) is 4.74 Å². The second-order valence-electron chi connectivity index (χ2n) is 7.33. The topological polar surface area (TPSA) is 66.2 Å². The van der Waals surface area contributed by atoms with E-state index in [2.05, 4.69) is 25.9 Å². The number of fused-ring (bicyclic) bond motifs is 1. The third-order valence-corrected chi connectivity index (χ3v) is 5.08. The van der Waals surface area contributed by atoms with Crippen LogP contribution in [0, 0.1) is 0 Å². The standard InChI is InChI=1S/C21H26N6O2/c1-24(2)15-16-29-19-6-4-3-5-17(19)25-11-13-26(14-12-25)21(28)18-7-9-22-20-8-10-23-27(18)20/h3-10H,11-16H2,1-2H3. The van der Waals surface area contributed by atoms with E-state index in [-0.39, 0.29) is 5.91 Å². The van der Waals surface area contributed by atoms with Crippen LogP contribution in [0.25, 0.3) is 5.65 Å². The maximum atomic E-state index is 13.0. The summed E-state index contributed by atoms with van der Waals surface area (Å²) < 4.78 is 7.60. The van der Waals surface area contributed by atoms with Crippen LogP contribution in [-0.4, -0.2) is 83.7 Å². The molecule has 1 aliphatic heterocycles. The summed E-state index contributed by atoms with van der Waals surface area (Å²) in [6, 6.07) is 11.6. The van der Waals surface area contributed by atoms with Gasteiger partial charge in [-0.25, -0.2) is 9.50 Å². The molecule has 3 aromatic rings. The Bertz CT molecular complexity index is 978. The van der Waals surface area contributed by atoms with Crippen LogP contribution in [0.5, 0.6) is 5.75 Å². The smallest absolute Gasteiger partial charge is 0.272 e. The molecular weight excluding hydrogens is 368 g/mol. The summed E-state index contributed by atoms with van der Waals surface area (Å²) in [6.07, 6.45) is 3.31. The van der Waals surface area contributed by atoms with Gasteiger partial charge < -0.3 is 19.4 Å². The van der Waals surface area contributed by atoms with E-state index >= 15 is 0 Å². The molecule has 0 saturated carbocycles. The predicted molar refractivity (Wildman–Crippen MR) is 112 cm³/mol. The van der Waals surface area contributed by atoms with Crippen LogP contribution < -0.4 is 9.64 Å². The Morgan fingerprint density at radius 1 is 1.07 bits per heavy atom. The van der Waals surface area contributed by atoms with Gasteiger partial charge in [-0.1, -0.05) is 12.1 Å². The average Bonchev–Trinajstić information content (AvgIpc) is 3.22. The summed E-state index contributed by atoms with van der Waals surface area (Å²) in [5.41, 5.74) is 2.30. The van der Waals surface area contributed by atoms with Crippen LogP contribution in [0.1, 0.15) is 10.5 Å². The van der Waals surface area contributed by atoms with E-state index in [1.807, 2.05) is 37.2 Å². The Balaban J connectivity index is 1.42. The molecule has 1 aliphatic rings. The van der Waals surface area contributed by atoms with Gasteiger partial charge in [0.1, 0.15) is 18.1 Å². The van der Waals surface area contributed by atoms with E-state index in [9.17, 15) is 4.79 Å². The first kappa shape index (κ1) is 19.2. The first-order chi connectivity index (χ1) is 14.1. The summed E-state index contributed by atoms with van der Waals surface area (Å²) in [5.74, 6) is 0.873. The first-order valence-electron chi connectivity index (χ1n) is 9.83. The number of benzene rings is 1. The molecule has 1 amide bonds. The van der Waals surface area contributed by atoms with Crippen molar-refractivity contribution in [1.29, 1.82) is 0 Å². The minimum atomic E-state index is -0.0173. The fourth-order valence-corrected chi connectivity index (χ4v) is 3.49. The molecule has 0 N–H and O–H groups in total. The molecular formula is C21H26N6O2. The van der Waals surface area contributed by atoms with E-state index in [0.717, 1.165) is 31.1 Å². The maximum Gasteiger partial charge on any atom is 0.272 e. The fourth-order valence-electron chi connectivity index (χ4n) is 3.49. The number of rotatable bonds is 6. The number of aromatic nitrogens is 3. The second-order valence-corrected chi connectivity index (χ2v) is 7.33. The van der Waals surface area contributed by atoms with Gasteiger partial charge in [0.2, 0.25) is 0 Å². The molecule has 29 heavy (non-hydrogen) atoms. The molecule has 2 aromatic heterocycles. The molecule has 1 fully saturated rings. The predicted octanol–water partition coefficient (Wildman–Crippen LogP) is 1.63. The van der Waals surface area contributed by atoms with Gasteiger partial charge in [-0.2, -0.15) is 5.10 Å². The minimum Gasteiger partial charge on any atom is -0.490 e. The third-order valence-electron chi connectivity index (χ3n) is 5.08. The van der Waals surface area contributed by atoms with Crippen LogP contribution in [0.4, 0.5) is 5.69 Å². The van der Waals surface area contributed by atoms with Gasteiger partial charge in [0.05, 0.1) is 11.9 Å². The van der Waals surface area contributed by atoms with Gasteiger partial charge in [-0.15, -0.1) is 0 Å². The number of hydrogen-bond donors (Lipinski definition) is 0. The fraction of sp³-hybridized carbons (Fsp3) is 0.381. The Morgan fingerprint density at radius 2 is 1.86 bits per heavy atom. The lowest BCUT2D eigenvalue weighted by molar-refractivity contribution is 0.0737. The van der Waals surface area contributed by atoms with Crippen molar-refractivity contribution in [3.05, 3.63) is 54.5 Å². The molecule has 3 heterocycles. The van der Waals surface area contributed by atoms with E-state index in [0.29, 0.717) is 31.0 Å². The van der Waals surface area contributed by atoms with Crippen LogP contribution in [0.2, 0.25) is 0 Å². The molecule has 0 aliphatic carbocycles. The largest absolute Gasteiger partial charge is 0.490 e. The Hall–Kier alpha value is -3.13. The van der Waals surface area contributed by atoms with Crippen LogP contribution in [0.15, 0.2) is 48.8 Å². The van der Waals surface area contributed by atoms with Crippen molar-refractivity contribution < 1.29 is 9.53 Å². The van der Waals surface area contributed by atoms with Gasteiger partial charge in [-0.3, -0.25) is 4.79 Å². The summed E-state index contributed by atoms with van der Waals surface area (Å²) in [5, 5.41) is 4.23. The molecule has 1 aromatic carbocycles. The lowest BCUT2D eigenvalue weighted by atomic mass is 10.2. The monoisotopic (exact) mass is 394 g/mol. The number of anilines is 1. The Labute approximate surface area is 170 Å². The molecule has 8 nitrogen and oxygen atoms in total. The highest BCUT2D eigenvalue weighted by atomic mass is 16.5. The van der Waals surface area contributed by atoms with Crippen LogP contribution in [-0.2, 0) is 0 Å². The highest BCUT2D eigenvalue weighted by Crippen LogP contribution is 2.29. The summed E-state index contributed by atoms with van der Waals surface area (Å²) in [6.45, 7) is 4.32. The van der Waals surface area contributed by atoms with Gasteiger partial charge in [0.25, 0.3) is 5.91 Å². The van der Waals surface area contributed by atoms with E-state index < -0.39 is 0 Å². The highest BCUT2D eigenvalue weighted by Gasteiger charge is 2.25. The number of para-hydroxylation sites is 2. The van der Waals surface area contributed by atoms with Crippen molar-refractivity contribution in [3.8, 4) is 5.75 Å². The molecule has 4 rings (SSSR count). The van der Waals surface area contributed by atoms with Gasteiger partial charge in [0, 0.05) is 45.0 Å². The first-order valence-corrected chi connectivity index (χ1v) is 9.83. The zero-order chi connectivity index (χ0) is 20.2. The van der Waals surface area contributed by atoms with Gasteiger partial charge in [0.15, 0.2) is 5.65 Å². The zero-order valence-corrected chi connectivity index (χ0v) is 16.9. The van der Waals surface area contributed by atoms with Crippen molar-refractivity contribution in [2.24, 2.45) is 0 Å². The molecule has 1 saturated heterocycles. The number of ether oxygens (including phenoxy) is 1. The van der Waals surface area contributed by atoms with E-state index in [1.165, 1.54) is 0 Å². The number of amides is 1. The quantitative estimate of drug-likeness (QED) is 0.633.